The fraction of sp³-hybridized carbons (Fsp3) is 0.333. The molecule has 0 unspecified atom stereocenters. The summed E-state index contributed by atoms with van der Waals surface area (Å²) in [5.74, 6) is 0. The van der Waals surface area contributed by atoms with E-state index >= 15 is 0 Å². The topological polar surface area (TPSA) is 18.5 Å². The van der Waals surface area contributed by atoms with Crippen LogP contribution in [0.25, 0.3) is 22.3 Å². The van der Waals surface area contributed by atoms with Crippen LogP contribution in [0.1, 0.15) is 51.7 Å². The first-order valence-electron chi connectivity index (χ1n) is 12.5. The van der Waals surface area contributed by atoms with Crippen LogP contribution in [0.3, 0.4) is 0 Å². The minimum atomic E-state index is -3.01. The summed E-state index contributed by atoms with van der Waals surface area (Å²) >= 11 is 0. The number of rotatable bonds is 10. The van der Waals surface area contributed by atoms with Crippen LogP contribution in [-0.4, -0.2) is 21.8 Å². The minimum Gasteiger partial charge on any atom is -0.388 e. The van der Waals surface area contributed by atoms with Crippen molar-refractivity contribution in [2.24, 2.45) is 0 Å². The van der Waals surface area contributed by atoms with Crippen LogP contribution >= 0.6 is 0 Å². The number of aryl methyl sites for hydroxylation is 2. The van der Waals surface area contributed by atoms with Crippen molar-refractivity contribution in [3.8, 4) is 22.3 Å². The van der Waals surface area contributed by atoms with Crippen molar-refractivity contribution in [2.45, 2.75) is 53.4 Å². The van der Waals surface area contributed by atoms with E-state index in [1.165, 1.54) is 43.8 Å². The lowest BCUT2D eigenvalue weighted by molar-refractivity contribution is 0.208. The molecule has 0 saturated heterocycles. The van der Waals surface area contributed by atoms with Crippen LogP contribution in [0.4, 0.5) is 0 Å². The summed E-state index contributed by atoms with van der Waals surface area (Å²) in [5, 5.41) is 2.63. The molecule has 0 radical (unpaired) electrons. The third-order valence-corrected chi connectivity index (χ3v) is 10.3. The Bertz CT molecular complexity index is 1050. The molecule has 0 saturated carbocycles. The predicted octanol–water partition coefficient (Wildman–Crippen LogP) is 6.43. The molecule has 172 valence electrons. The van der Waals surface area contributed by atoms with E-state index in [9.17, 15) is 0 Å². The van der Waals surface area contributed by atoms with Gasteiger partial charge in [-0.2, -0.15) is 0 Å². The van der Waals surface area contributed by atoms with Crippen LogP contribution < -0.4 is 10.4 Å². The lowest BCUT2D eigenvalue weighted by Gasteiger charge is -2.33. The molecule has 0 N–H and O–H groups in total. The maximum Gasteiger partial charge on any atom is 0.408 e. The molecule has 4 aliphatic rings. The third-order valence-electron chi connectivity index (χ3n) is 6.38. The van der Waals surface area contributed by atoms with E-state index in [4.69, 9.17) is 8.85 Å². The first-order valence-corrected chi connectivity index (χ1v) is 14.3. The highest BCUT2D eigenvalue weighted by atomic mass is 28.4. The van der Waals surface area contributed by atoms with Crippen molar-refractivity contribution >= 4 is 18.9 Å². The molecule has 2 nitrogen and oxygen atoms in total. The summed E-state index contributed by atoms with van der Waals surface area (Å²) in [6, 6.07) is 26.5. The van der Waals surface area contributed by atoms with Gasteiger partial charge in [0.25, 0.3) is 0 Å². The van der Waals surface area contributed by atoms with Gasteiger partial charge >= 0.3 is 8.56 Å². The Morgan fingerprint density at radius 2 is 1.00 bits per heavy atom. The fourth-order valence-corrected chi connectivity index (χ4v) is 9.40. The van der Waals surface area contributed by atoms with Crippen LogP contribution in [0.5, 0.6) is 0 Å². The minimum absolute atomic E-state index is 0.626. The lowest BCUT2D eigenvalue weighted by Crippen LogP contribution is -2.65. The Morgan fingerprint density at radius 3 is 1.39 bits per heavy atom. The van der Waals surface area contributed by atoms with Gasteiger partial charge in [0.05, 0.1) is 0 Å². The molecule has 0 aliphatic heterocycles. The molecule has 0 aromatic heterocycles. The van der Waals surface area contributed by atoms with Crippen molar-refractivity contribution in [2.75, 3.05) is 13.2 Å². The summed E-state index contributed by atoms with van der Waals surface area (Å²) < 4.78 is 13.9. The van der Waals surface area contributed by atoms with Crippen LogP contribution in [0, 0.1) is 0 Å². The molecule has 0 spiro atoms. The summed E-state index contributed by atoms with van der Waals surface area (Å²) in [6.45, 7) is 9.98. The second-order valence-electron chi connectivity index (χ2n) is 8.63. The second kappa shape index (κ2) is 10.6. The molecular weight excluding hydrogens is 420 g/mol. The zero-order valence-electron chi connectivity index (χ0n) is 20.5. The van der Waals surface area contributed by atoms with E-state index in [1.54, 1.807) is 0 Å². The number of hydrogen-bond acceptors (Lipinski definition) is 2. The van der Waals surface area contributed by atoms with Crippen LogP contribution in [0.2, 0.25) is 0 Å². The molecule has 4 rings (SSSR count). The van der Waals surface area contributed by atoms with Gasteiger partial charge in [0.1, 0.15) is 0 Å². The standard InChI is InChI=1S/C30H36O2Si/c1-5-15-25-21-23-17-11-9-13-19-27(23)29(25)33(31-7-3,32-8-4)30-26(16-6-2)22-24-18-12-10-14-20-28(24)30/h9-14,17-22H,5-8,15-16H2,1-4H3. The largest absolute Gasteiger partial charge is 0.408 e. The normalized spacial score (nSPS) is 12.0. The smallest absolute Gasteiger partial charge is 0.388 e. The monoisotopic (exact) mass is 456 g/mol. The van der Waals surface area contributed by atoms with Gasteiger partial charge in [-0.05, 0) is 60.1 Å². The molecule has 4 aliphatic carbocycles. The Labute approximate surface area is 200 Å². The van der Waals surface area contributed by atoms with Crippen LogP contribution in [0.15, 0.2) is 72.8 Å². The van der Waals surface area contributed by atoms with Gasteiger partial charge in [-0.1, -0.05) is 99.5 Å². The van der Waals surface area contributed by atoms with Crippen LogP contribution in [-0.2, 0) is 21.7 Å². The van der Waals surface area contributed by atoms with E-state index in [-0.39, 0.29) is 0 Å². The first kappa shape index (κ1) is 23.7. The molecule has 0 amide bonds. The number of hydrogen-bond donors (Lipinski definition) is 0. The molecular formula is C30H36O2Si. The first-order chi connectivity index (χ1) is 16.2. The molecule has 0 heterocycles. The Kier molecular flexibility index (Phi) is 7.64. The van der Waals surface area contributed by atoms with E-state index in [1.807, 2.05) is 0 Å². The van der Waals surface area contributed by atoms with Crippen molar-refractivity contribution in [3.05, 3.63) is 83.9 Å². The molecule has 0 bridgehead atoms. The summed E-state index contributed by atoms with van der Waals surface area (Å²) in [5.41, 5.74) is 7.85. The Balaban J connectivity index is 2.12. The molecule has 0 aromatic rings. The molecule has 0 aromatic carbocycles. The fourth-order valence-electron chi connectivity index (χ4n) is 5.27. The van der Waals surface area contributed by atoms with E-state index < -0.39 is 8.56 Å². The summed E-state index contributed by atoms with van der Waals surface area (Å²) in [7, 11) is -3.01. The summed E-state index contributed by atoms with van der Waals surface area (Å²) in [4.78, 5) is 0. The van der Waals surface area contributed by atoms with Gasteiger partial charge < -0.3 is 8.85 Å². The zero-order valence-corrected chi connectivity index (χ0v) is 21.5. The van der Waals surface area contributed by atoms with Crippen molar-refractivity contribution in [1.29, 1.82) is 0 Å². The van der Waals surface area contributed by atoms with Gasteiger partial charge in [-0.3, -0.25) is 0 Å². The zero-order chi connectivity index (χ0) is 23.3. The SMILES string of the molecule is CCCc1cc2cccccc-2c1[Si](OCC)(OCC)c1c(CCC)cc2cccccc1-2. The van der Waals surface area contributed by atoms with E-state index in [0.717, 1.165) is 25.7 Å². The molecule has 3 heteroatoms. The van der Waals surface area contributed by atoms with E-state index in [0.29, 0.717) is 13.2 Å². The molecule has 33 heavy (non-hydrogen) atoms. The van der Waals surface area contributed by atoms with Gasteiger partial charge in [0.2, 0.25) is 0 Å². The highest BCUT2D eigenvalue weighted by molar-refractivity contribution is 6.95. The maximum atomic E-state index is 6.93. The van der Waals surface area contributed by atoms with E-state index in [2.05, 4.69) is 100 Å². The highest BCUT2D eigenvalue weighted by Gasteiger charge is 2.49. The average molecular weight is 457 g/mol. The van der Waals surface area contributed by atoms with Gasteiger partial charge in [0.15, 0.2) is 0 Å². The third kappa shape index (κ3) is 4.38. The second-order valence-corrected chi connectivity index (χ2v) is 11.4. The van der Waals surface area contributed by atoms with Crippen molar-refractivity contribution in [1.82, 2.24) is 0 Å². The Morgan fingerprint density at radius 1 is 0.576 bits per heavy atom. The maximum absolute atomic E-state index is 6.93. The number of fused-ring (bicyclic) bond motifs is 2. The van der Waals surface area contributed by atoms with Crippen molar-refractivity contribution < 1.29 is 8.85 Å². The molecule has 0 fully saturated rings. The van der Waals surface area contributed by atoms with Gasteiger partial charge in [0, 0.05) is 23.6 Å². The lowest BCUT2D eigenvalue weighted by atomic mass is 10.2. The quantitative estimate of drug-likeness (QED) is 0.256. The average Bonchev–Trinajstić information content (AvgIpc) is 3.10. The molecule has 0 atom stereocenters. The van der Waals surface area contributed by atoms with Gasteiger partial charge in [-0.25, -0.2) is 0 Å². The Hall–Kier alpha value is -2.46. The predicted molar refractivity (Wildman–Crippen MR) is 142 cm³/mol. The summed E-state index contributed by atoms with van der Waals surface area (Å²) in [6.07, 6.45) is 4.24. The van der Waals surface area contributed by atoms with Crippen molar-refractivity contribution in [3.63, 3.8) is 0 Å². The van der Waals surface area contributed by atoms with Gasteiger partial charge in [-0.15, -0.1) is 0 Å². The highest BCUT2D eigenvalue weighted by Crippen LogP contribution is 2.33.